The van der Waals surface area contributed by atoms with Crippen molar-refractivity contribution in [2.24, 2.45) is 11.8 Å². The molecule has 0 aromatic carbocycles. The van der Waals surface area contributed by atoms with E-state index in [-0.39, 0.29) is 17.3 Å². The molecule has 0 aromatic heterocycles. The number of hydrogen-bond donors (Lipinski definition) is 0. The highest BCUT2D eigenvalue weighted by atomic mass is 16.6. The van der Waals surface area contributed by atoms with E-state index in [1.807, 2.05) is 7.11 Å². The van der Waals surface area contributed by atoms with Gasteiger partial charge in [-0.05, 0) is 46.0 Å². The second-order valence-corrected chi connectivity index (χ2v) is 7.35. The number of epoxide rings is 2. The summed E-state index contributed by atoms with van der Waals surface area (Å²) < 4.78 is 17.9. The van der Waals surface area contributed by atoms with Crippen LogP contribution < -0.4 is 0 Å². The normalized spacial score (nSPS) is 50.0. The smallest absolute Gasteiger partial charge is 0.100 e. The molecule has 20 heavy (non-hydrogen) atoms. The van der Waals surface area contributed by atoms with E-state index in [0.717, 1.165) is 19.4 Å². The summed E-state index contributed by atoms with van der Waals surface area (Å²) in [4.78, 5) is 0. The minimum Gasteiger partial charge on any atom is -0.381 e. The number of methoxy groups -OCH3 is 1. The molecule has 3 nitrogen and oxygen atoms in total. The van der Waals surface area contributed by atoms with Gasteiger partial charge in [0.05, 0.1) is 24.4 Å². The highest BCUT2D eigenvalue weighted by molar-refractivity contribution is 5.20. The average Bonchev–Trinajstić information content (AvgIpc) is 3.29. The number of allylic oxidation sites excluding steroid dienone is 1. The summed E-state index contributed by atoms with van der Waals surface area (Å²) in [6.45, 7) is 9.73. The van der Waals surface area contributed by atoms with E-state index in [2.05, 4.69) is 33.8 Å². The lowest BCUT2D eigenvalue weighted by atomic mass is 9.66. The zero-order valence-corrected chi connectivity index (χ0v) is 13.4. The summed E-state index contributed by atoms with van der Waals surface area (Å²) in [5.74, 6) is 0.962. The van der Waals surface area contributed by atoms with Crippen LogP contribution in [0, 0.1) is 11.8 Å². The van der Waals surface area contributed by atoms with Gasteiger partial charge in [0.15, 0.2) is 0 Å². The van der Waals surface area contributed by atoms with Crippen LogP contribution in [0.3, 0.4) is 0 Å². The lowest BCUT2D eigenvalue weighted by molar-refractivity contribution is -0.0776. The van der Waals surface area contributed by atoms with Crippen LogP contribution in [-0.4, -0.2) is 37.1 Å². The Hall–Kier alpha value is -0.380. The Labute approximate surface area is 122 Å². The molecule has 3 fully saturated rings. The summed E-state index contributed by atoms with van der Waals surface area (Å²) in [5.41, 5.74) is 1.33. The minimum atomic E-state index is -0.0716. The molecule has 0 N–H and O–H groups in total. The Morgan fingerprint density at radius 1 is 1.40 bits per heavy atom. The van der Waals surface area contributed by atoms with Crippen molar-refractivity contribution < 1.29 is 14.2 Å². The Bertz CT molecular complexity index is 408. The summed E-state index contributed by atoms with van der Waals surface area (Å²) in [6, 6.07) is 0. The van der Waals surface area contributed by atoms with E-state index in [9.17, 15) is 0 Å². The fraction of sp³-hybridized carbons (Fsp3) is 0.882. The second-order valence-electron chi connectivity index (χ2n) is 7.35. The van der Waals surface area contributed by atoms with E-state index in [4.69, 9.17) is 14.2 Å². The van der Waals surface area contributed by atoms with Crippen molar-refractivity contribution in [3.8, 4) is 0 Å². The number of rotatable bonds is 4. The summed E-state index contributed by atoms with van der Waals surface area (Å²) >= 11 is 0. The lowest BCUT2D eigenvalue weighted by Gasteiger charge is -2.42. The molecule has 3 aliphatic rings. The molecule has 2 saturated heterocycles. The molecule has 0 radical (unpaired) electrons. The zero-order chi connectivity index (χ0) is 14.5. The fourth-order valence-electron chi connectivity index (χ4n) is 4.22. The van der Waals surface area contributed by atoms with Crippen LogP contribution in [-0.2, 0) is 14.2 Å². The Morgan fingerprint density at radius 3 is 2.65 bits per heavy atom. The van der Waals surface area contributed by atoms with Crippen LogP contribution in [0.2, 0.25) is 0 Å². The van der Waals surface area contributed by atoms with E-state index in [1.54, 1.807) is 0 Å². The Morgan fingerprint density at radius 2 is 2.10 bits per heavy atom. The monoisotopic (exact) mass is 280 g/mol. The molecule has 2 aliphatic heterocycles. The van der Waals surface area contributed by atoms with Gasteiger partial charge in [-0.3, -0.25) is 0 Å². The van der Waals surface area contributed by atoms with Crippen LogP contribution in [0.4, 0.5) is 0 Å². The first-order valence-electron chi connectivity index (χ1n) is 7.91. The molecule has 3 rings (SSSR count). The maximum atomic E-state index is 6.15. The van der Waals surface area contributed by atoms with Crippen molar-refractivity contribution in [2.75, 3.05) is 13.7 Å². The van der Waals surface area contributed by atoms with Gasteiger partial charge in [-0.25, -0.2) is 0 Å². The van der Waals surface area contributed by atoms with Crippen LogP contribution >= 0.6 is 0 Å². The zero-order valence-electron chi connectivity index (χ0n) is 13.4. The van der Waals surface area contributed by atoms with E-state index < -0.39 is 0 Å². The lowest BCUT2D eigenvalue weighted by Crippen LogP contribution is -2.51. The maximum Gasteiger partial charge on any atom is 0.100 e. The molecule has 4 unspecified atom stereocenters. The summed E-state index contributed by atoms with van der Waals surface area (Å²) in [5, 5.41) is 0. The highest BCUT2D eigenvalue weighted by Crippen LogP contribution is 2.60. The number of hydrogen-bond acceptors (Lipinski definition) is 3. The first kappa shape index (κ1) is 14.6. The van der Waals surface area contributed by atoms with Gasteiger partial charge >= 0.3 is 0 Å². The summed E-state index contributed by atoms with van der Waals surface area (Å²) in [7, 11) is 1.84. The van der Waals surface area contributed by atoms with Gasteiger partial charge in [0.1, 0.15) is 5.60 Å². The SMILES string of the molecule is CO[C@H]1C(C2(C)OC2CC=C(C)C)C2(CC[C@H]1C)CO2. The van der Waals surface area contributed by atoms with Gasteiger partial charge < -0.3 is 14.2 Å². The highest BCUT2D eigenvalue weighted by Gasteiger charge is 2.71. The average molecular weight is 280 g/mol. The molecule has 6 atom stereocenters. The standard InChI is InChI=1S/C17H28O3/c1-11(2)6-7-13-16(4,20-13)15-14(18-5)12(3)8-9-17(15)10-19-17/h6,12-15H,7-10H2,1-5H3/t12-,13?,14-,15?,16?,17?/m1/s1. The van der Waals surface area contributed by atoms with Crippen molar-refractivity contribution in [2.45, 2.75) is 70.4 Å². The van der Waals surface area contributed by atoms with Crippen molar-refractivity contribution >= 4 is 0 Å². The van der Waals surface area contributed by atoms with Gasteiger partial charge in [-0.2, -0.15) is 0 Å². The van der Waals surface area contributed by atoms with Crippen molar-refractivity contribution in [3.05, 3.63) is 11.6 Å². The second kappa shape index (κ2) is 4.82. The molecular weight excluding hydrogens is 252 g/mol. The van der Waals surface area contributed by atoms with Crippen molar-refractivity contribution in [3.63, 3.8) is 0 Å². The van der Waals surface area contributed by atoms with Crippen LogP contribution in [0.1, 0.15) is 47.0 Å². The van der Waals surface area contributed by atoms with Crippen LogP contribution in [0.25, 0.3) is 0 Å². The molecule has 1 aliphatic carbocycles. The molecule has 1 spiro atoms. The third-order valence-electron chi connectivity index (χ3n) is 5.60. The predicted molar refractivity (Wildman–Crippen MR) is 78.7 cm³/mol. The maximum absolute atomic E-state index is 6.15. The van der Waals surface area contributed by atoms with Crippen LogP contribution in [0.15, 0.2) is 11.6 Å². The van der Waals surface area contributed by atoms with Gasteiger partial charge in [0.25, 0.3) is 0 Å². The molecule has 0 aromatic rings. The van der Waals surface area contributed by atoms with Crippen LogP contribution in [0.5, 0.6) is 0 Å². The third kappa shape index (κ3) is 2.24. The minimum absolute atomic E-state index is 0.0433. The summed E-state index contributed by atoms with van der Waals surface area (Å²) in [6.07, 6.45) is 6.23. The quantitative estimate of drug-likeness (QED) is 0.585. The van der Waals surface area contributed by atoms with Gasteiger partial charge in [0.2, 0.25) is 0 Å². The molecule has 2 heterocycles. The van der Waals surface area contributed by atoms with E-state index in [1.165, 1.54) is 12.0 Å². The van der Waals surface area contributed by atoms with Gasteiger partial charge in [0, 0.05) is 13.0 Å². The van der Waals surface area contributed by atoms with Crippen molar-refractivity contribution in [1.82, 2.24) is 0 Å². The molecule has 3 heteroatoms. The first-order chi connectivity index (χ1) is 9.43. The molecular formula is C17H28O3. The molecule has 1 saturated carbocycles. The Balaban J connectivity index is 1.78. The fourth-order valence-corrected chi connectivity index (χ4v) is 4.22. The largest absolute Gasteiger partial charge is 0.381 e. The number of ether oxygens (including phenoxy) is 3. The Kier molecular flexibility index (Phi) is 3.51. The van der Waals surface area contributed by atoms with E-state index in [0.29, 0.717) is 17.9 Å². The van der Waals surface area contributed by atoms with Gasteiger partial charge in [-0.1, -0.05) is 18.6 Å². The molecule has 0 bridgehead atoms. The molecule has 114 valence electrons. The van der Waals surface area contributed by atoms with Crippen molar-refractivity contribution in [1.29, 1.82) is 0 Å². The first-order valence-corrected chi connectivity index (χ1v) is 7.91. The van der Waals surface area contributed by atoms with E-state index >= 15 is 0 Å². The predicted octanol–water partition coefficient (Wildman–Crippen LogP) is 3.33. The third-order valence-corrected chi connectivity index (χ3v) is 5.60. The topological polar surface area (TPSA) is 34.3 Å². The molecule has 0 amide bonds. The van der Waals surface area contributed by atoms with Gasteiger partial charge in [-0.15, -0.1) is 0 Å².